The van der Waals surface area contributed by atoms with Gasteiger partial charge in [-0.1, -0.05) is 6.92 Å². The van der Waals surface area contributed by atoms with Gasteiger partial charge in [0, 0.05) is 37.7 Å². The van der Waals surface area contributed by atoms with E-state index in [2.05, 4.69) is 24.2 Å². The van der Waals surface area contributed by atoms with Crippen molar-refractivity contribution in [1.82, 2.24) is 10.2 Å². The van der Waals surface area contributed by atoms with Crippen LogP contribution >= 0.6 is 0 Å². The molecule has 76 valence electrons. The summed E-state index contributed by atoms with van der Waals surface area (Å²) < 4.78 is 5.39. The van der Waals surface area contributed by atoms with Gasteiger partial charge in [-0.15, -0.1) is 0 Å². The Balaban J connectivity index is 1.79. The summed E-state index contributed by atoms with van der Waals surface area (Å²) >= 11 is 0. The molecule has 0 aromatic rings. The second kappa shape index (κ2) is 3.56. The van der Waals surface area contributed by atoms with Gasteiger partial charge in [0.1, 0.15) is 0 Å². The molecule has 2 saturated heterocycles. The number of hydrogen-bond donors (Lipinski definition) is 1. The standard InChI is InChI=1S/C10H20N2O/c1-10(6-11-7-10)8-12(2)9-3-4-13-5-9/h9,11H,3-8H2,1-2H3. The average Bonchev–Trinajstić information content (AvgIpc) is 2.53. The fourth-order valence-electron chi connectivity index (χ4n) is 2.26. The molecule has 3 heteroatoms. The van der Waals surface area contributed by atoms with Crippen LogP contribution in [0.1, 0.15) is 13.3 Å². The van der Waals surface area contributed by atoms with Crippen molar-refractivity contribution in [2.24, 2.45) is 5.41 Å². The zero-order chi connectivity index (χ0) is 9.31. The van der Waals surface area contributed by atoms with E-state index in [4.69, 9.17) is 4.74 Å². The summed E-state index contributed by atoms with van der Waals surface area (Å²) in [6.07, 6.45) is 1.21. The molecule has 0 bridgehead atoms. The van der Waals surface area contributed by atoms with Crippen LogP contribution in [0, 0.1) is 5.41 Å². The van der Waals surface area contributed by atoms with Crippen molar-refractivity contribution >= 4 is 0 Å². The van der Waals surface area contributed by atoms with Crippen molar-refractivity contribution in [3.05, 3.63) is 0 Å². The largest absolute Gasteiger partial charge is 0.380 e. The lowest BCUT2D eigenvalue weighted by atomic mass is 9.83. The molecule has 1 N–H and O–H groups in total. The number of rotatable bonds is 3. The van der Waals surface area contributed by atoms with Gasteiger partial charge < -0.3 is 15.0 Å². The molecule has 13 heavy (non-hydrogen) atoms. The maximum atomic E-state index is 5.39. The predicted molar refractivity (Wildman–Crippen MR) is 52.8 cm³/mol. The third-order valence-electron chi connectivity index (χ3n) is 3.26. The maximum Gasteiger partial charge on any atom is 0.0622 e. The molecule has 0 aromatic carbocycles. The molecule has 2 aliphatic heterocycles. The Hall–Kier alpha value is -0.120. The smallest absolute Gasteiger partial charge is 0.0622 e. The quantitative estimate of drug-likeness (QED) is 0.683. The molecule has 2 rings (SSSR count). The van der Waals surface area contributed by atoms with Gasteiger partial charge in [-0.3, -0.25) is 0 Å². The first-order chi connectivity index (χ1) is 6.20. The lowest BCUT2D eigenvalue weighted by Gasteiger charge is -2.43. The third kappa shape index (κ3) is 2.03. The van der Waals surface area contributed by atoms with E-state index in [1.807, 2.05) is 0 Å². The summed E-state index contributed by atoms with van der Waals surface area (Å²) in [5.74, 6) is 0. The lowest BCUT2D eigenvalue weighted by molar-refractivity contribution is 0.0886. The van der Waals surface area contributed by atoms with Crippen LogP contribution in [-0.4, -0.2) is 50.8 Å². The molecule has 0 aromatic heterocycles. The van der Waals surface area contributed by atoms with E-state index in [1.54, 1.807) is 0 Å². The Morgan fingerprint density at radius 1 is 1.54 bits per heavy atom. The summed E-state index contributed by atoms with van der Waals surface area (Å²) in [5.41, 5.74) is 0.511. The highest BCUT2D eigenvalue weighted by Crippen LogP contribution is 2.24. The van der Waals surface area contributed by atoms with E-state index in [0.717, 1.165) is 13.2 Å². The van der Waals surface area contributed by atoms with Crippen molar-refractivity contribution < 1.29 is 4.74 Å². The van der Waals surface area contributed by atoms with Gasteiger partial charge in [0.15, 0.2) is 0 Å². The zero-order valence-electron chi connectivity index (χ0n) is 8.68. The lowest BCUT2D eigenvalue weighted by Crippen LogP contribution is -2.57. The van der Waals surface area contributed by atoms with Crippen LogP contribution in [0.3, 0.4) is 0 Å². The minimum atomic E-state index is 0.511. The van der Waals surface area contributed by atoms with Gasteiger partial charge in [-0.05, 0) is 13.5 Å². The molecule has 1 unspecified atom stereocenters. The number of likely N-dealkylation sites (N-methyl/N-ethyl adjacent to an activating group) is 1. The first kappa shape index (κ1) is 9.44. The number of hydrogen-bond acceptors (Lipinski definition) is 3. The van der Waals surface area contributed by atoms with Gasteiger partial charge in [0.25, 0.3) is 0 Å². The molecule has 3 nitrogen and oxygen atoms in total. The fraction of sp³-hybridized carbons (Fsp3) is 1.00. The molecule has 0 radical (unpaired) electrons. The van der Waals surface area contributed by atoms with Crippen molar-refractivity contribution in [3.63, 3.8) is 0 Å². The van der Waals surface area contributed by atoms with E-state index >= 15 is 0 Å². The van der Waals surface area contributed by atoms with Gasteiger partial charge >= 0.3 is 0 Å². The Labute approximate surface area is 80.4 Å². The number of nitrogens with zero attached hydrogens (tertiary/aromatic N) is 1. The molecular weight excluding hydrogens is 164 g/mol. The van der Waals surface area contributed by atoms with Crippen LogP contribution in [0.2, 0.25) is 0 Å². The van der Waals surface area contributed by atoms with Gasteiger partial charge in [-0.25, -0.2) is 0 Å². The first-order valence-electron chi connectivity index (χ1n) is 5.18. The van der Waals surface area contributed by atoms with Crippen LogP contribution in [0.5, 0.6) is 0 Å². The fourth-order valence-corrected chi connectivity index (χ4v) is 2.26. The molecular formula is C10H20N2O. The summed E-state index contributed by atoms with van der Waals surface area (Å²) in [7, 11) is 2.23. The van der Waals surface area contributed by atoms with Crippen LogP contribution in [-0.2, 0) is 4.74 Å². The van der Waals surface area contributed by atoms with Crippen molar-refractivity contribution in [3.8, 4) is 0 Å². The van der Waals surface area contributed by atoms with Crippen LogP contribution in [0.25, 0.3) is 0 Å². The second-order valence-electron chi connectivity index (χ2n) is 4.85. The normalized spacial score (nSPS) is 32.1. The van der Waals surface area contributed by atoms with E-state index < -0.39 is 0 Å². The summed E-state index contributed by atoms with van der Waals surface area (Å²) in [5, 5.41) is 3.34. The van der Waals surface area contributed by atoms with Gasteiger partial charge in [-0.2, -0.15) is 0 Å². The molecule has 0 saturated carbocycles. The van der Waals surface area contributed by atoms with Crippen molar-refractivity contribution in [2.45, 2.75) is 19.4 Å². The molecule has 0 aliphatic carbocycles. The Morgan fingerprint density at radius 2 is 2.31 bits per heavy atom. The molecule has 0 amide bonds. The number of ether oxygens (including phenoxy) is 1. The number of nitrogens with one attached hydrogen (secondary N) is 1. The Bertz CT molecular complexity index is 174. The molecule has 0 spiro atoms. The topological polar surface area (TPSA) is 24.5 Å². The minimum absolute atomic E-state index is 0.511. The predicted octanol–water partition coefficient (Wildman–Crippen LogP) is 0.317. The highest BCUT2D eigenvalue weighted by molar-refractivity contribution is 4.91. The molecule has 1 atom stereocenters. The van der Waals surface area contributed by atoms with Gasteiger partial charge in [0.05, 0.1) is 6.61 Å². The Morgan fingerprint density at radius 3 is 2.77 bits per heavy atom. The SMILES string of the molecule is CN(CC1(C)CNC1)C1CCOC1. The van der Waals surface area contributed by atoms with E-state index in [0.29, 0.717) is 11.5 Å². The average molecular weight is 184 g/mol. The molecule has 2 fully saturated rings. The van der Waals surface area contributed by atoms with Crippen LogP contribution in [0.4, 0.5) is 0 Å². The van der Waals surface area contributed by atoms with Crippen molar-refractivity contribution in [2.75, 3.05) is 39.9 Å². The first-order valence-corrected chi connectivity index (χ1v) is 5.18. The van der Waals surface area contributed by atoms with E-state index in [1.165, 1.54) is 26.1 Å². The highest BCUT2D eigenvalue weighted by Gasteiger charge is 2.34. The van der Waals surface area contributed by atoms with Gasteiger partial charge in [0.2, 0.25) is 0 Å². The summed E-state index contributed by atoms with van der Waals surface area (Å²) in [4.78, 5) is 2.47. The van der Waals surface area contributed by atoms with E-state index in [-0.39, 0.29) is 0 Å². The van der Waals surface area contributed by atoms with Crippen LogP contribution in [0.15, 0.2) is 0 Å². The minimum Gasteiger partial charge on any atom is -0.380 e. The summed E-state index contributed by atoms with van der Waals surface area (Å²) in [6.45, 7) is 7.78. The third-order valence-corrected chi connectivity index (χ3v) is 3.26. The monoisotopic (exact) mass is 184 g/mol. The summed E-state index contributed by atoms with van der Waals surface area (Å²) in [6, 6.07) is 0.664. The highest BCUT2D eigenvalue weighted by atomic mass is 16.5. The molecule has 2 aliphatic rings. The Kier molecular flexibility index (Phi) is 2.58. The van der Waals surface area contributed by atoms with Crippen LogP contribution < -0.4 is 5.32 Å². The maximum absolute atomic E-state index is 5.39. The van der Waals surface area contributed by atoms with Crippen molar-refractivity contribution in [1.29, 1.82) is 0 Å². The second-order valence-corrected chi connectivity index (χ2v) is 4.85. The van der Waals surface area contributed by atoms with E-state index in [9.17, 15) is 0 Å². The zero-order valence-corrected chi connectivity index (χ0v) is 8.68. The molecule has 2 heterocycles.